The van der Waals surface area contributed by atoms with Crippen LogP contribution in [0.15, 0.2) is 83.3 Å². The number of aryl methyl sites for hydroxylation is 3. The Kier molecular flexibility index (Phi) is 6.23. The molecule has 1 atom stereocenters. The van der Waals surface area contributed by atoms with Crippen LogP contribution in [0.3, 0.4) is 0 Å². The highest BCUT2D eigenvalue weighted by molar-refractivity contribution is 5.97. The van der Waals surface area contributed by atoms with E-state index < -0.39 is 0 Å². The van der Waals surface area contributed by atoms with Crippen molar-refractivity contribution in [2.24, 2.45) is 0 Å². The molecule has 1 N–H and O–H groups in total. The zero-order chi connectivity index (χ0) is 20.8. The molecule has 0 spiro atoms. The monoisotopic (exact) mass is 398 g/mol. The lowest BCUT2D eigenvalue weighted by Crippen LogP contribution is -2.32. The number of benzene rings is 3. The molecule has 152 valence electrons. The second-order valence-electron chi connectivity index (χ2n) is 7.67. The van der Waals surface area contributed by atoms with Gasteiger partial charge in [0.2, 0.25) is 0 Å². The topological polar surface area (TPSA) is 55.1 Å². The highest BCUT2D eigenvalue weighted by Gasteiger charge is 2.13. The van der Waals surface area contributed by atoms with Crippen LogP contribution in [-0.2, 0) is 19.3 Å². The first-order valence-corrected chi connectivity index (χ1v) is 10.5. The van der Waals surface area contributed by atoms with E-state index in [9.17, 15) is 4.79 Å². The van der Waals surface area contributed by atoms with Crippen molar-refractivity contribution in [3.05, 3.63) is 101 Å². The van der Waals surface area contributed by atoms with E-state index in [4.69, 9.17) is 4.42 Å². The van der Waals surface area contributed by atoms with E-state index in [0.717, 1.165) is 31.2 Å². The van der Waals surface area contributed by atoms with Gasteiger partial charge < -0.3 is 9.73 Å². The maximum atomic E-state index is 12.7. The van der Waals surface area contributed by atoms with Crippen LogP contribution in [0.4, 0.5) is 0 Å². The standard InChI is InChI=1S/C26H26N2O2/c1-19(12-13-20-8-4-2-5-9-20)27-26(29)22-15-16-23-24(18-22)30-25(28-23)17-14-21-10-6-3-7-11-21/h2-11,15-16,18-19H,12-14,17H2,1H3,(H,27,29)/t19-/m0/s1. The van der Waals surface area contributed by atoms with Crippen molar-refractivity contribution in [2.75, 3.05) is 0 Å². The van der Waals surface area contributed by atoms with Crippen LogP contribution >= 0.6 is 0 Å². The van der Waals surface area contributed by atoms with E-state index in [2.05, 4.69) is 34.6 Å². The number of amides is 1. The van der Waals surface area contributed by atoms with Crippen molar-refractivity contribution in [3.63, 3.8) is 0 Å². The summed E-state index contributed by atoms with van der Waals surface area (Å²) in [5.41, 5.74) is 4.57. The molecule has 30 heavy (non-hydrogen) atoms. The number of rotatable bonds is 8. The summed E-state index contributed by atoms with van der Waals surface area (Å²) in [6.07, 6.45) is 3.44. The van der Waals surface area contributed by atoms with Gasteiger partial charge in [0.1, 0.15) is 5.52 Å². The van der Waals surface area contributed by atoms with Gasteiger partial charge in [-0.3, -0.25) is 4.79 Å². The average Bonchev–Trinajstić information content (AvgIpc) is 3.20. The molecule has 0 aliphatic carbocycles. The largest absolute Gasteiger partial charge is 0.441 e. The number of nitrogens with zero attached hydrogens (tertiary/aromatic N) is 1. The fourth-order valence-corrected chi connectivity index (χ4v) is 3.52. The van der Waals surface area contributed by atoms with E-state index >= 15 is 0 Å². The normalized spacial score (nSPS) is 12.0. The summed E-state index contributed by atoms with van der Waals surface area (Å²) in [5, 5.41) is 3.08. The van der Waals surface area contributed by atoms with Gasteiger partial charge in [0.15, 0.2) is 11.5 Å². The lowest BCUT2D eigenvalue weighted by Gasteiger charge is -2.14. The van der Waals surface area contributed by atoms with Crippen LogP contribution < -0.4 is 5.32 Å². The maximum Gasteiger partial charge on any atom is 0.251 e. The highest BCUT2D eigenvalue weighted by atomic mass is 16.3. The van der Waals surface area contributed by atoms with Crippen LogP contribution in [0.1, 0.15) is 40.7 Å². The van der Waals surface area contributed by atoms with Gasteiger partial charge in [-0.1, -0.05) is 60.7 Å². The van der Waals surface area contributed by atoms with Gasteiger partial charge in [0.05, 0.1) is 0 Å². The van der Waals surface area contributed by atoms with Gasteiger partial charge in [-0.2, -0.15) is 0 Å². The van der Waals surface area contributed by atoms with Crippen molar-refractivity contribution in [1.82, 2.24) is 10.3 Å². The number of oxazole rings is 1. The Morgan fingerprint density at radius 1 is 0.900 bits per heavy atom. The van der Waals surface area contributed by atoms with Crippen LogP contribution in [0.5, 0.6) is 0 Å². The van der Waals surface area contributed by atoms with Crippen molar-refractivity contribution >= 4 is 17.0 Å². The number of carbonyl (C=O) groups is 1. The van der Waals surface area contributed by atoms with Crippen molar-refractivity contribution in [3.8, 4) is 0 Å². The van der Waals surface area contributed by atoms with Gasteiger partial charge >= 0.3 is 0 Å². The van der Waals surface area contributed by atoms with E-state index in [-0.39, 0.29) is 11.9 Å². The summed E-state index contributed by atoms with van der Waals surface area (Å²) in [4.78, 5) is 17.2. The predicted molar refractivity (Wildman–Crippen MR) is 120 cm³/mol. The fraction of sp³-hybridized carbons (Fsp3) is 0.231. The second-order valence-corrected chi connectivity index (χ2v) is 7.67. The lowest BCUT2D eigenvalue weighted by molar-refractivity contribution is 0.0938. The molecule has 0 aliphatic heterocycles. The number of nitrogens with one attached hydrogen (secondary N) is 1. The van der Waals surface area contributed by atoms with Gasteiger partial charge in [0, 0.05) is 18.0 Å². The number of carbonyl (C=O) groups excluding carboxylic acids is 1. The van der Waals surface area contributed by atoms with E-state index in [1.54, 1.807) is 6.07 Å². The van der Waals surface area contributed by atoms with Gasteiger partial charge in [-0.15, -0.1) is 0 Å². The fourth-order valence-electron chi connectivity index (χ4n) is 3.52. The van der Waals surface area contributed by atoms with Crippen molar-refractivity contribution in [1.29, 1.82) is 0 Å². The lowest BCUT2D eigenvalue weighted by atomic mass is 10.1. The molecular formula is C26H26N2O2. The maximum absolute atomic E-state index is 12.7. The van der Waals surface area contributed by atoms with E-state index in [1.165, 1.54) is 11.1 Å². The van der Waals surface area contributed by atoms with Crippen LogP contribution in [-0.4, -0.2) is 16.9 Å². The minimum atomic E-state index is -0.0836. The summed E-state index contributed by atoms with van der Waals surface area (Å²) in [5.74, 6) is 0.613. The summed E-state index contributed by atoms with van der Waals surface area (Å²) < 4.78 is 5.90. The third-order valence-corrected chi connectivity index (χ3v) is 5.25. The Balaban J connectivity index is 1.35. The third kappa shape index (κ3) is 5.15. The quantitative estimate of drug-likeness (QED) is 0.434. The first-order chi connectivity index (χ1) is 14.7. The molecule has 1 heterocycles. The van der Waals surface area contributed by atoms with Crippen molar-refractivity contribution < 1.29 is 9.21 Å². The SMILES string of the molecule is C[C@@H](CCc1ccccc1)NC(=O)c1ccc2nc(CCc3ccccc3)oc2c1. The molecule has 0 saturated heterocycles. The average molecular weight is 399 g/mol. The molecule has 1 amide bonds. The number of hydrogen-bond acceptors (Lipinski definition) is 3. The Bertz CT molecular complexity index is 1100. The summed E-state index contributed by atoms with van der Waals surface area (Å²) in [7, 11) is 0. The third-order valence-electron chi connectivity index (χ3n) is 5.25. The molecule has 4 nitrogen and oxygen atoms in total. The molecule has 0 saturated carbocycles. The first-order valence-electron chi connectivity index (χ1n) is 10.5. The number of hydrogen-bond donors (Lipinski definition) is 1. The molecule has 4 aromatic rings. The van der Waals surface area contributed by atoms with Crippen LogP contribution in [0.2, 0.25) is 0 Å². The predicted octanol–water partition coefficient (Wildman–Crippen LogP) is 5.36. The number of aromatic nitrogens is 1. The molecule has 0 unspecified atom stereocenters. The molecule has 1 aromatic heterocycles. The second kappa shape index (κ2) is 9.40. The van der Waals surface area contributed by atoms with Crippen molar-refractivity contribution in [2.45, 2.75) is 38.6 Å². The van der Waals surface area contributed by atoms with Crippen LogP contribution in [0, 0.1) is 0 Å². The zero-order valence-corrected chi connectivity index (χ0v) is 17.2. The molecule has 4 rings (SSSR count). The smallest absolute Gasteiger partial charge is 0.251 e. The minimum Gasteiger partial charge on any atom is -0.441 e. The Morgan fingerprint density at radius 2 is 1.57 bits per heavy atom. The Morgan fingerprint density at radius 3 is 2.27 bits per heavy atom. The van der Waals surface area contributed by atoms with Gasteiger partial charge in [-0.25, -0.2) is 4.98 Å². The molecule has 0 radical (unpaired) electrons. The van der Waals surface area contributed by atoms with Gasteiger partial charge in [0.25, 0.3) is 5.91 Å². The summed E-state index contributed by atoms with van der Waals surface area (Å²) >= 11 is 0. The van der Waals surface area contributed by atoms with Gasteiger partial charge in [-0.05, 0) is 55.5 Å². The number of fused-ring (bicyclic) bond motifs is 1. The van der Waals surface area contributed by atoms with Crippen LogP contribution in [0.25, 0.3) is 11.1 Å². The van der Waals surface area contributed by atoms with E-state index in [1.807, 2.05) is 55.5 Å². The first kappa shape index (κ1) is 19.9. The molecule has 0 fully saturated rings. The molecular weight excluding hydrogens is 372 g/mol. The minimum absolute atomic E-state index is 0.0836. The molecule has 0 bridgehead atoms. The summed E-state index contributed by atoms with van der Waals surface area (Å²) in [6.45, 7) is 2.04. The molecule has 0 aliphatic rings. The highest BCUT2D eigenvalue weighted by Crippen LogP contribution is 2.19. The Hall–Kier alpha value is -3.40. The molecule has 4 heteroatoms. The van der Waals surface area contributed by atoms with E-state index in [0.29, 0.717) is 17.0 Å². The molecule has 3 aromatic carbocycles. The Labute approximate surface area is 177 Å². The summed E-state index contributed by atoms with van der Waals surface area (Å²) in [6, 6.07) is 26.1. The zero-order valence-electron chi connectivity index (χ0n) is 17.2.